The number of hydrogen-bond donors (Lipinski definition) is 0. The molecule has 0 radical (unpaired) electrons. The first-order valence-electron chi connectivity index (χ1n) is 8.57. The van der Waals surface area contributed by atoms with Gasteiger partial charge in [0, 0.05) is 0 Å². The highest BCUT2D eigenvalue weighted by Crippen LogP contribution is 2.39. The van der Waals surface area contributed by atoms with Gasteiger partial charge in [0.1, 0.15) is 0 Å². The van der Waals surface area contributed by atoms with Gasteiger partial charge in [-0.2, -0.15) is 0 Å². The first-order valence-corrected chi connectivity index (χ1v) is 8.57. The van der Waals surface area contributed by atoms with Crippen LogP contribution in [0.4, 0.5) is 0 Å². The number of hydrogen-bond acceptors (Lipinski definition) is 0. The summed E-state index contributed by atoms with van der Waals surface area (Å²) in [5.74, 6) is 1.64. The Morgan fingerprint density at radius 1 is 0.591 bits per heavy atom. The minimum absolute atomic E-state index is 0.538. The van der Waals surface area contributed by atoms with E-state index >= 15 is 0 Å². The predicted octanol–water partition coefficient (Wildman–Crippen LogP) is 7.03. The van der Waals surface area contributed by atoms with E-state index in [4.69, 9.17) is 0 Å². The highest BCUT2D eigenvalue weighted by Gasteiger charge is 2.18. The molecule has 0 amide bonds. The Bertz CT molecular complexity index is 619. The zero-order valence-electron chi connectivity index (χ0n) is 15.2. The zero-order chi connectivity index (χ0) is 16.4. The zero-order valence-corrected chi connectivity index (χ0v) is 15.2. The van der Waals surface area contributed by atoms with Crippen LogP contribution >= 0.6 is 0 Å². The van der Waals surface area contributed by atoms with Gasteiger partial charge in [-0.05, 0) is 58.1 Å². The molecule has 0 fully saturated rings. The fraction of sp³-hybridized carbons (Fsp3) is 0.455. The van der Waals surface area contributed by atoms with Crippen molar-refractivity contribution in [3.63, 3.8) is 0 Å². The van der Waals surface area contributed by atoms with Crippen molar-refractivity contribution in [2.24, 2.45) is 0 Å². The Morgan fingerprint density at radius 3 is 1.45 bits per heavy atom. The molecule has 0 unspecified atom stereocenters. The monoisotopic (exact) mass is 294 g/mol. The SMILES string of the molecule is Cc1c(-c2c(C(C)C)cccc2C(C)C)cccc1C(C)C. The van der Waals surface area contributed by atoms with Gasteiger partial charge in [-0.1, -0.05) is 77.9 Å². The number of rotatable bonds is 4. The maximum atomic E-state index is 2.30. The van der Waals surface area contributed by atoms with Crippen LogP contribution in [0.3, 0.4) is 0 Å². The summed E-state index contributed by atoms with van der Waals surface area (Å²) in [5.41, 5.74) is 8.72. The molecule has 0 saturated heterocycles. The topological polar surface area (TPSA) is 0 Å². The third-order valence-electron chi connectivity index (χ3n) is 4.64. The van der Waals surface area contributed by atoms with Crippen molar-refractivity contribution in [1.29, 1.82) is 0 Å². The van der Waals surface area contributed by atoms with Crippen LogP contribution in [0.25, 0.3) is 11.1 Å². The van der Waals surface area contributed by atoms with E-state index in [-0.39, 0.29) is 0 Å². The molecule has 0 saturated carbocycles. The third kappa shape index (κ3) is 3.11. The van der Waals surface area contributed by atoms with Crippen molar-refractivity contribution < 1.29 is 0 Å². The minimum Gasteiger partial charge on any atom is -0.0617 e. The van der Waals surface area contributed by atoms with Gasteiger partial charge >= 0.3 is 0 Å². The first kappa shape index (κ1) is 16.8. The molecule has 0 aliphatic carbocycles. The average molecular weight is 294 g/mol. The molecule has 0 spiro atoms. The van der Waals surface area contributed by atoms with Crippen LogP contribution in [-0.2, 0) is 0 Å². The molecule has 0 atom stereocenters. The molecule has 0 aromatic heterocycles. The standard InChI is InChI=1S/C22H30/c1-14(2)18-10-8-13-21(17(18)7)22-19(15(3)4)11-9-12-20(22)16(5)6/h8-16H,1-7H3. The lowest BCUT2D eigenvalue weighted by atomic mass is 9.82. The molecule has 0 bridgehead atoms. The van der Waals surface area contributed by atoms with E-state index < -0.39 is 0 Å². The largest absolute Gasteiger partial charge is 0.0617 e. The molecule has 0 nitrogen and oxygen atoms in total. The van der Waals surface area contributed by atoms with Crippen molar-refractivity contribution in [3.05, 3.63) is 58.7 Å². The maximum absolute atomic E-state index is 2.30. The van der Waals surface area contributed by atoms with Gasteiger partial charge in [0.25, 0.3) is 0 Å². The van der Waals surface area contributed by atoms with Crippen LogP contribution in [0.5, 0.6) is 0 Å². The van der Waals surface area contributed by atoms with Gasteiger partial charge in [-0.25, -0.2) is 0 Å². The van der Waals surface area contributed by atoms with Crippen LogP contribution in [0.1, 0.15) is 81.5 Å². The Labute approximate surface area is 136 Å². The second-order valence-electron chi connectivity index (χ2n) is 7.30. The van der Waals surface area contributed by atoms with Crippen LogP contribution in [0.15, 0.2) is 36.4 Å². The lowest BCUT2D eigenvalue weighted by Gasteiger charge is -2.23. The lowest BCUT2D eigenvalue weighted by Crippen LogP contribution is -2.02. The van der Waals surface area contributed by atoms with E-state index in [9.17, 15) is 0 Å². The fourth-order valence-electron chi connectivity index (χ4n) is 3.41. The van der Waals surface area contributed by atoms with Crippen LogP contribution in [0.2, 0.25) is 0 Å². The highest BCUT2D eigenvalue weighted by molar-refractivity contribution is 5.76. The summed E-state index contributed by atoms with van der Waals surface area (Å²) in [4.78, 5) is 0. The van der Waals surface area contributed by atoms with Gasteiger partial charge in [0.15, 0.2) is 0 Å². The lowest BCUT2D eigenvalue weighted by molar-refractivity contribution is 0.835. The molecule has 118 valence electrons. The van der Waals surface area contributed by atoms with Gasteiger partial charge in [0.2, 0.25) is 0 Å². The van der Waals surface area contributed by atoms with Crippen LogP contribution in [-0.4, -0.2) is 0 Å². The first-order chi connectivity index (χ1) is 10.3. The van der Waals surface area contributed by atoms with Crippen molar-refractivity contribution >= 4 is 0 Å². The molecular formula is C22H30. The molecule has 0 heteroatoms. The van der Waals surface area contributed by atoms with Gasteiger partial charge in [0.05, 0.1) is 0 Å². The van der Waals surface area contributed by atoms with E-state index in [1.54, 1.807) is 0 Å². The van der Waals surface area contributed by atoms with Crippen LogP contribution in [0, 0.1) is 6.92 Å². The molecule has 0 aliphatic rings. The van der Waals surface area contributed by atoms with Crippen molar-refractivity contribution in [2.45, 2.75) is 66.2 Å². The molecule has 0 N–H and O–H groups in total. The van der Waals surface area contributed by atoms with Crippen molar-refractivity contribution in [1.82, 2.24) is 0 Å². The van der Waals surface area contributed by atoms with Gasteiger partial charge < -0.3 is 0 Å². The van der Waals surface area contributed by atoms with Crippen molar-refractivity contribution in [2.75, 3.05) is 0 Å². The van der Waals surface area contributed by atoms with E-state index in [1.165, 1.54) is 33.4 Å². The van der Waals surface area contributed by atoms with Crippen molar-refractivity contribution in [3.8, 4) is 11.1 Å². The molecule has 2 rings (SSSR count). The summed E-state index contributed by atoms with van der Waals surface area (Å²) in [6.45, 7) is 16.0. The summed E-state index contributed by atoms with van der Waals surface area (Å²) in [6, 6.07) is 13.6. The summed E-state index contributed by atoms with van der Waals surface area (Å²) in [6.07, 6.45) is 0. The average Bonchev–Trinajstić information content (AvgIpc) is 2.46. The normalized spacial score (nSPS) is 11.7. The predicted molar refractivity (Wildman–Crippen MR) is 98.9 cm³/mol. The Balaban J connectivity index is 2.79. The second kappa shape index (κ2) is 6.69. The second-order valence-corrected chi connectivity index (χ2v) is 7.30. The molecule has 22 heavy (non-hydrogen) atoms. The Kier molecular flexibility index (Phi) is 5.11. The van der Waals surface area contributed by atoms with E-state index in [2.05, 4.69) is 84.9 Å². The van der Waals surface area contributed by atoms with Crippen LogP contribution < -0.4 is 0 Å². The quantitative estimate of drug-likeness (QED) is 0.567. The summed E-state index contributed by atoms with van der Waals surface area (Å²) < 4.78 is 0. The Hall–Kier alpha value is -1.56. The fourth-order valence-corrected chi connectivity index (χ4v) is 3.41. The Morgan fingerprint density at radius 2 is 1.00 bits per heavy atom. The maximum Gasteiger partial charge on any atom is -0.0112 e. The van der Waals surface area contributed by atoms with Gasteiger partial charge in [-0.3, -0.25) is 0 Å². The van der Waals surface area contributed by atoms with E-state index in [0.717, 1.165) is 0 Å². The molecule has 2 aromatic carbocycles. The van der Waals surface area contributed by atoms with E-state index in [0.29, 0.717) is 17.8 Å². The molecule has 2 aromatic rings. The molecule has 0 heterocycles. The summed E-state index contributed by atoms with van der Waals surface area (Å²) in [7, 11) is 0. The summed E-state index contributed by atoms with van der Waals surface area (Å²) >= 11 is 0. The summed E-state index contributed by atoms with van der Waals surface area (Å²) in [5, 5.41) is 0. The third-order valence-corrected chi connectivity index (χ3v) is 4.64. The molecular weight excluding hydrogens is 264 g/mol. The van der Waals surface area contributed by atoms with E-state index in [1.807, 2.05) is 0 Å². The highest BCUT2D eigenvalue weighted by atomic mass is 14.2. The smallest absolute Gasteiger partial charge is 0.0112 e. The molecule has 0 aliphatic heterocycles. The minimum atomic E-state index is 0.538. The van der Waals surface area contributed by atoms with Gasteiger partial charge in [-0.15, -0.1) is 0 Å². The number of benzene rings is 2.